The fourth-order valence-electron chi connectivity index (χ4n) is 2.32. The van der Waals surface area contributed by atoms with E-state index in [0.29, 0.717) is 12.5 Å². The van der Waals surface area contributed by atoms with Gasteiger partial charge in [-0.1, -0.05) is 0 Å². The highest BCUT2D eigenvalue weighted by Gasteiger charge is 2.20. The Morgan fingerprint density at radius 3 is 2.78 bits per heavy atom. The molecule has 100 valence electrons. The number of benzene rings is 1. The summed E-state index contributed by atoms with van der Waals surface area (Å²) in [5, 5.41) is 0. The molecule has 1 aliphatic rings. The summed E-state index contributed by atoms with van der Waals surface area (Å²) in [7, 11) is 0. The first-order valence-electron chi connectivity index (χ1n) is 6.58. The maximum atomic E-state index is 12.7. The number of likely N-dealkylation sites (tertiary alicyclic amines) is 1. The summed E-state index contributed by atoms with van der Waals surface area (Å²) in [5.41, 5.74) is 5.66. The molecule has 1 aromatic rings. The zero-order chi connectivity index (χ0) is 12.8. The molecule has 1 atom stereocenters. The lowest BCUT2D eigenvalue weighted by Gasteiger charge is -2.15. The second kappa shape index (κ2) is 6.71. The molecule has 0 aromatic heterocycles. The van der Waals surface area contributed by atoms with Crippen molar-refractivity contribution in [3.8, 4) is 5.75 Å². The normalized spacial score (nSPS) is 20.2. The number of halogens is 1. The van der Waals surface area contributed by atoms with Gasteiger partial charge in [-0.15, -0.1) is 0 Å². The predicted octanol–water partition coefficient (Wildman–Crippen LogP) is 1.88. The van der Waals surface area contributed by atoms with Gasteiger partial charge in [0.05, 0.1) is 6.61 Å². The van der Waals surface area contributed by atoms with Gasteiger partial charge in [-0.2, -0.15) is 0 Å². The SMILES string of the molecule is NCC1CCN(CCCOc2ccc(F)cc2)C1. The van der Waals surface area contributed by atoms with E-state index >= 15 is 0 Å². The number of ether oxygens (including phenoxy) is 1. The van der Waals surface area contributed by atoms with Crippen LogP contribution in [0.25, 0.3) is 0 Å². The molecule has 2 N–H and O–H groups in total. The Bertz CT molecular complexity index is 355. The number of rotatable bonds is 6. The van der Waals surface area contributed by atoms with E-state index < -0.39 is 0 Å². The molecule has 1 unspecified atom stereocenters. The average molecular weight is 252 g/mol. The molecule has 1 aliphatic heterocycles. The topological polar surface area (TPSA) is 38.5 Å². The Labute approximate surface area is 108 Å². The van der Waals surface area contributed by atoms with Crippen LogP contribution in [0.15, 0.2) is 24.3 Å². The van der Waals surface area contributed by atoms with E-state index in [-0.39, 0.29) is 5.82 Å². The molecule has 0 spiro atoms. The minimum absolute atomic E-state index is 0.229. The quantitative estimate of drug-likeness (QED) is 0.786. The minimum atomic E-state index is -0.229. The summed E-state index contributed by atoms with van der Waals surface area (Å²) in [6, 6.07) is 6.16. The average Bonchev–Trinajstić information content (AvgIpc) is 2.85. The predicted molar refractivity (Wildman–Crippen MR) is 70.1 cm³/mol. The molecule has 1 heterocycles. The van der Waals surface area contributed by atoms with Gasteiger partial charge in [0.1, 0.15) is 11.6 Å². The standard InChI is InChI=1S/C14H21FN2O/c15-13-2-4-14(5-3-13)18-9-1-7-17-8-6-12(10-16)11-17/h2-5,12H,1,6-11,16H2. The van der Waals surface area contributed by atoms with Crippen LogP contribution in [0.1, 0.15) is 12.8 Å². The maximum absolute atomic E-state index is 12.7. The highest BCUT2D eigenvalue weighted by atomic mass is 19.1. The summed E-state index contributed by atoms with van der Waals surface area (Å²) in [6.07, 6.45) is 2.21. The summed E-state index contributed by atoms with van der Waals surface area (Å²) in [5.74, 6) is 1.17. The molecule has 18 heavy (non-hydrogen) atoms. The van der Waals surface area contributed by atoms with Gasteiger partial charge >= 0.3 is 0 Å². The van der Waals surface area contributed by atoms with E-state index in [4.69, 9.17) is 10.5 Å². The third-order valence-electron chi connectivity index (χ3n) is 3.40. The Morgan fingerprint density at radius 2 is 2.11 bits per heavy atom. The van der Waals surface area contributed by atoms with Gasteiger partial charge in [-0.3, -0.25) is 0 Å². The highest BCUT2D eigenvalue weighted by Crippen LogP contribution is 2.15. The van der Waals surface area contributed by atoms with Gasteiger partial charge in [-0.05, 0) is 56.1 Å². The summed E-state index contributed by atoms with van der Waals surface area (Å²) < 4.78 is 18.2. The smallest absolute Gasteiger partial charge is 0.123 e. The molecule has 1 fully saturated rings. The maximum Gasteiger partial charge on any atom is 0.123 e. The van der Waals surface area contributed by atoms with Crippen LogP contribution in [0.5, 0.6) is 5.75 Å². The Morgan fingerprint density at radius 1 is 1.33 bits per heavy atom. The van der Waals surface area contributed by atoms with Gasteiger partial charge in [0, 0.05) is 13.1 Å². The highest BCUT2D eigenvalue weighted by molar-refractivity contribution is 5.21. The van der Waals surface area contributed by atoms with Gasteiger partial charge < -0.3 is 15.4 Å². The first-order valence-corrected chi connectivity index (χ1v) is 6.58. The molecule has 0 bridgehead atoms. The fourth-order valence-corrected chi connectivity index (χ4v) is 2.32. The van der Waals surface area contributed by atoms with Crippen LogP contribution in [-0.2, 0) is 0 Å². The molecule has 0 amide bonds. The lowest BCUT2D eigenvalue weighted by Crippen LogP contribution is -2.25. The Balaban J connectivity index is 1.60. The van der Waals surface area contributed by atoms with Crippen LogP contribution in [0.4, 0.5) is 4.39 Å². The van der Waals surface area contributed by atoms with E-state index in [2.05, 4.69) is 4.90 Å². The molecule has 1 aromatic carbocycles. The second-order valence-electron chi connectivity index (χ2n) is 4.85. The van der Waals surface area contributed by atoms with E-state index in [9.17, 15) is 4.39 Å². The molecule has 4 heteroatoms. The van der Waals surface area contributed by atoms with Crippen LogP contribution < -0.4 is 10.5 Å². The van der Waals surface area contributed by atoms with Crippen molar-refractivity contribution in [1.29, 1.82) is 0 Å². The molecular formula is C14H21FN2O. The van der Waals surface area contributed by atoms with Crippen molar-refractivity contribution >= 4 is 0 Å². The summed E-state index contributed by atoms with van der Waals surface area (Å²) in [6.45, 7) is 4.79. The van der Waals surface area contributed by atoms with E-state index in [1.54, 1.807) is 12.1 Å². The molecule has 0 aliphatic carbocycles. The minimum Gasteiger partial charge on any atom is -0.494 e. The van der Waals surface area contributed by atoms with Crippen LogP contribution in [0.3, 0.4) is 0 Å². The fraction of sp³-hybridized carbons (Fsp3) is 0.571. The van der Waals surface area contributed by atoms with Gasteiger partial charge in [0.2, 0.25) is 0 Å². The first kappa shape index (κ1) is 13.3. The number of nitrogens with two attached hydrogens (primary N) is 1. The molecule has 2 rings (SSSR count). The monoisotopic (exact) mass is 252 g/mol. The van der Waals surface area contributed by atoms with Crippen molar-refractivity contribution < 1.29 is 9.13 Å². The molecule has 1 saturated heterocycles. The van der Waals surface area contributed by atoms with Crippen molar-refractivity contribution in [3.05, 3.63) is 30.1 Å². The zero-order valence-corrected chi connectivity index (χ0v) is 10.6. The summed E-state index contributed by atoms with van der Waals surface area (Å²) >= 11 is 0. The first-order chi connectivity index (χ1) is 8.78. The van der Waals surface area contributed by atoms with Crippen molar-refractivity contribution in [1.82, 2.24) is 4.90 Å². The van der Waals surface area contributed by atoms with Crippen LogP contribution in [0, 0.1) is 11.7 Å². The Kier molecular flexibility index (Phi) is 4.96. The molecule has 0 saturated carbocycles. The third kappa shape index (κ3) is 3.96. The number of nitrogens with zero attached hydrogens (tertiary/aromatic N) is 1. The van der Waals surface area contributed by atoms with Crippen LogP contribution >= 0.6 is 0 Å². The van der Waals surface area contributed by atoms with Crippen molar-refractivity contribution in [2.24, 2.45) is 11.7 Å². The van der Waals surface area contributed by atoms with Gasteiger partial charge in [0.25, 0.3) is 0 Å². The molecule has 0 radical (unpaired) electrons. The van der Waals surface area contributed by atoms with Crippen LogP contribution in [0.2, 0.25) is 0 Å². The van der Waals surface area contributed by atoms with Crippen molar-refractivity contribution in [2.75, 3.05) is 32.8 Å². The third-order valence-corrected chi connectivity index (χ3v) is 3.40. The Hall–Kier alpha value is -1.13. The second-order valence-corrected chi connectivity index (χ2v) is 4.85. The van der Waals surface area contributed by atoms with Gasteiger partial charge in [0.15, 0.2) is 0 Å². The van der Waals surface area contributed by atoms with Crippen LogP contribution in [-0.4, -0.2) is 37.7 Å². The van der Waals surface area contributed by atoms with E-state index in [0.717, 1.165) is 38.3 Å². The lowest BCUT2D eigenvalue weighted by atomic mass is 10.1. The van der Waals surface area contributed by atoms with Gasteiger partial charge in [-0.25, -0.2) is 4.39 Å². The zero-order valence-electron chi connectivity index (χ0n) is 10.6. The number of hydrogen-bond donors (Lipinski definition) is 1. The number of hydrogen-bond acceptors (Lipinski definition) is 3. The van der Waals surface area contributed by atoms with Crippen molar-refractivity contribution in [2.45, 2.75) is 12.8 Å². The summed E-state index contributed by atoms with van der Waals surface area (Å²) in [4.78, 5) is 2.44. The lowest BCUT2D eigenvalue weighted by molar-refractivity contribution is 0.259. The van der Waals surface area contributed by atoms with E-state index in [1.807, 2.05) is 0 Å². The molecule has 3 nitrogen and oxygen atoms in total. The largest absolute Gasteiger partial charge is 0.494 e. The molecular weight excluding hydrogens is 231 g/mol. The van der Waals surface area contributed by atoms with E-state index in [1.165, 1.54) is 18.6 Å². The van der Waals surface area contributed by atoms with Crippen molar-refractivity contribution in [3.63, 3.8) is 0 Å².